The summed E-state index contributed by atoms with van der Waals surface area (Å²) in [6, 6.07) is -0.828. The van der Waals surface area contributed by atoms with E-state index < -0.39 is 96.5 Å². The summed E-state index contributed by atoms with van der Waals surface area (Å²) in [7, 11) is -16.5. The molecule has 2 aromatic rings. The Bertz CT molecular complexity index is 2240. The second-order valence-corrected chi connectivity index (χ2v) is 23.0. The van der Waals surface area contributed by atoms with Crippen molar-refractivity contribution in [2.75, 3.05) is 44.3 Å². The van der Waals surface area contributed by atoms with Crippen LogP contribution in [0.3, 0.4) is 0 Å². The fourth-order valence-electron chi connectivity index (χ4n) is 6.99. The van der Waals surface area contributed by atoms with Gasteiger partial charge in [0.1, 0.15) is 42.3 Å². The van der Waals surface area contributed by atoms with Crippen molar-refractivity contribution >= 4 is 81.0 Å². The average Bonchev–Trinajstić information content (AvgIpc) is 3.86. The zero-order valence-electron chi connectivity index (χ0n) is 40.7. The SMILES string of the molecule is CCCCCCCCCCCCCC(=O)N[C@@H](C)C(=O)NCC(=O)SCCNC(=O)CCNC(=O)C(O)C(C)(C)COP(=O)(O)OP(=O)(O)OC[C@H]1O[C@@H](n2cnc3c(N)ncnc32)[C@H](O)[C@@H]1OP(=O)(O)O. The predicted molar refractivity (Wildman–Crippen MR) is 259 cm³/mol. The summed E-state index contributed by atoms with van der Waals surface area (Å²) in [4.78, 5) is 113. The number of hydrogen-bond donors (Lipinski definition) is 11. The number of phosphoric ester groups is 3. The number of carbonyl (C=O) groups excluding carboxylic acids is 5. The van der Waals surface area contributed by atoms with E-state index in [-0.39, 0.29) is 59.8 Å². The molecular weight excluding hydrogens is 1040 g/mol. The summed E-state index contributed by atoms with van der Waals surface area (Å²) in [5.41, 5.74) is 4.21. The number of thioether (sulfide) groups is 1. The molecule has 3 unspecified atom stereocenters. The molecule has 0 saturated carbocycles. The zero-order valence-corrected chi connectivity index (χ0v) is 44.2. The molecule has 4 amide bonds. The number of nitrogen functional groups attached to an aromatic ring is 1. The monoisotopic (exact) mass is 1110 g/mol. The second-order valence-electron chi connectivity index (χ2n) is 17.6. The van der Waals surface area contributed by atoms with Crippen LogP contribution in [-0.4, -0.2) is 147 Å². The van der Waals surface area contributed by atoms with Crippen molar-refractivity contribution in [1.82, 2.24) is 40.8 Å². The van der Waals surface area contributed by atoms with Gasteiger partial charge < -0.3 is 61.5 Å². The van der Waals surface area contributed by atoms with Gasteiger partial charge in [0.2, 0.25) is 28.7 Å². The third-order valence-electron chi connectivity index (χ3n) is 10.9. The minimum Gasteiger partial charge on any atom is -0.386 e. The number of carbonyl (C=O) groups is 5. The van der Waals surface area contributed by atoms with Gasteiger partial charge in [-0.25, -0.2) is 28.6 Å². The van der Waals surface area contributed by atoms with Crippen LogP contribution in [-0.2, 0) is 60.3 Å². The molecule has 0 aliphatic carbocycles. The first-order chi connectivity index (χ1) is 33.8. The third-order valence-corrected chi connectivity index (χ3v) is 14.9. The number of aliphatic hydroxyl groups excluding tert-OH is 2. The van der Waals surface area contributed by atoms with Crippen LogP contribution in [0.15, 0.2) is 12.7 Å². The minimum absolute atomic E-state index is 0.0186. The van der Waals surface area contributed by atoms with E-state index in [9.17, 15) is 67.5 Å². The number of phosphoric acid groups is 3. The number of hydrogen-bond acceptors (Lipinski definition) is 20. The van der Waals surface area contributed by atoms with Crippen molar-refractivity contribution in [1.29, 1.82) is 0 Å². The maximum Gasteiger partial charge on any atom is 0.481 e. The number of amides is 4. The fourth-order valence-corrected chi connectivity index (χ4v) is 10.4. The summed E-state index contributed by atoms with van der Waals surface area (Å²) >= 11 is 0.860. The predicted octanol–water partition coefficient (Wildman–Crippen LogP) is 1.99. The maximum absolute atomic E-state index is 12.8. The molecule has 8 atom stereocenters. The van der Waals surface area contributed by atoms with Crippen molar-refractivity contribution in [3.63, 3.8) is 0 Å². The smallest absolute Gasteiger partial charge is 0.386 e. The van der Waals surface area contributed by atoms with Gasteiger partial charge in [-0.05, 0) is 13.3 Å². The van der Waals surface area contributed by atoms with Gasteiger partial charge in [0.05, 0.1) is 26.1 Å². The third kappa shape index (κ3) is 22.5. The number of nitrogens with zero attached hydrogens (tertiary/aromatic N) is 4. The Morgan fingerprint density at radius 2 is 1.47 bits per heavy atom. The lowest BCUT2D eigenvalue weighted by atomic mass is 9.87. The van der Waals surface area contributed by atoms with Crippen LogP contribution >= 0.6 is 35.2 Å². The van der Waals surface area contributed by atoms with Crippen LogP contribution in [0.4, 0.5) is 5.82 Å². The number of nitrogens with two attached hydrogens (primary N) is 1. The van der Waals surface area contributed by atoms with E-state index in [1.54, 1.807) is 0 Å². The number of unbranched alkanes of at least 4 members (excludes halogenated alkanes) is 10. The summed E-state index contributed by atoms with van der Waals surface area (Å²) in [5.74, 6) is -2.18. The first-order valence-electron chi connectivity index (χ1n) is 23.4. The zero-order chi connectivity index (χ0) is 53.7. The lowest BCUT2D eigenvalue weighted by Crippen LogP contribution is -2.46. The number of anilines is 1. The molecule has 0 radical (unpaired) electrons. The van der Waals surface area contributed by atoms with Gasteiger partial charge in [-0.2, -0.15) is 4.31 Å². The Morgan fingerprint density at radius 3 is 2.11 bits per heavy atom. The fraction of sp³-hybridized carbons (Fsp3) is 0.750. The molecule has 3 heterocycles. The molecule has 410 valence electrons. The molecule has 3 rings (SSSR count). The lowest BCUT2D eigenvalue weighted by molar-refractivity contribution is -0.137. The normalized spacial score (nSPS) is 19.8. The Labute approximate surface area is 420 Å². The lowest BCUT2D eigenvalue weighted by Gasteiger charge is -2.30. The van der Waals surface area contributed by atoms with E-state index in [1.165, 1.54) is 65.7 Å². The molecule has 72 heavy (non-hydrogen) atoms. The molecule has 12 N–H and O–H groups in total. The van der Waals surface area contributed by atoms with Crippen molar-refractivity contribution in [2.45, 2.75) is 148 Å². The maximum atomic E-state index is 12.8. The molecule has 28 nitrogen and oxygen atoms in total. The van der Waals surface area contributed by atoms with Gasteiger partial charge in [0.15, 0.2) is 17.7 Å². The van der Waals surface area contributed by atoms with Crippen molar-refractivity contribution < 1.29 is 90.1 Å². The first kappa shape index (κ1) is 62.8. The van der Waals surface area contributed by atoms with Crippen LogP contribution in [0.1, 0.15) is 117 Å². The summed E-state index contributed by atoms with van der Waals surface area (Å²) < 4.78 is 62.4. The van der Waals surface area contributed by atoms with Gasteiger partial charge in [-0.1, -0.05) is 96.7 Å². The second kappa shape index (κ2) is 30.2. The van der Waals surface area contributed by atoms with E-state index in [0.29, 0.717) is 6.42 Å². The number of fused-ring (bicyclic) bond motifs is 1. The Balaban J connectivity index is 1.31. The van der Waals surface area contributed by atoms with Crippen LogP contribution in [0.5, 0.6) is 0 Å². The molecular formula is C40H70N9O19P3S. The van der Waals surface area contributed by atoms with Crippen molar-refractivity contribution in [2.24, 2.45) is 5.41 Å². The highest BCUT2D eigenvalue weighted by molar-refractivity contribution is 8.13. The van der Waals surface area contributed by atoms with Crippen LogP contribution < -0.4 is 27.0 Å². The Morgan fingerprint density at radius 1 is 0.847 bits per heavy atom. The van der Waals surface area contributed by atoms with Gasteiger partial charge in [-0.15, -0.1) is 0 Å². The number of aliphatic hydroxyl groups is 2. The summed E-state index contributed by atoms with van der Waals surface area (Å²) in [6.07, 6.45) is 5.92. The van der Waals surface area contributed by atoms with Crippen molar-refractivity contribution in [3.8, 4) is 0 Å². The Hall–Kier alpha value is -3.50. The molecule has 1 aliphatic heterocycles. The van der Waals surface area contributed by atoms with Crippen LogP contribution in [0, 0.1) is 5.41 Å². The van der Waals surface area contributed by atoms with E-state index in [4.69, 9.17) is 19.5 Å². The quantitative estimate of drug-likeness (QED) is 0.0347. The van der Waals surface area contributed by atoms with Crippen LogP contribution in [0.2, 0.25) is 0 Å². The largest absolute Gasteiger partial charge is 0.481 e. The highest BCUT2D eigenvalue weighted by Gasteiger charge is 2.50. The molecule has 0 spiro atoms. The van der Waals surface area contributed by atoms with Gasteiger partial charge in [-0.3, -0.25) is 42.1 Å². The molecule has 0 aromatic carbocycles. The molecule has 1 saturated heterocycles. The summed E-state index contributed by atoms with van der Waals surface area (Å²) in [5, 5.41) is 31.2. The molecule has 2 aromatic heterocycles. The molecule has 1 fully saturated rings. The topological polar surface area (TPSA) is 422 Å². The molecule has 0 bridgehead atoms. The van der Waals surface area contributed by atoms with Crippen LogP contribution in [0.25, 0.3) is 11.2 Å². The number of nitrogens with one attached hydrogen (secondary N) is 4. The first-order valence-corrected chi connectivity index (χ1v) is 28.9. The average molecular weight is 1110 g/mol. The number of rotatable bonds is 35. The molecule has 32 heteroatoms. The van der Waals surface area contributed by atoms with E-state index in [1.807, 2.05) is 0 Å². The number of imidazole rings is 1. The van der Waals surface area contributed by atoms with E-state index >= 15 is 0 Å². The highest BCUT2D eigenvalue weighted by Crippen LogP contribution is 2.61. The molecule has 1 aliphatic rings. The number of aromatic nitrogens is 4. The van der Waals surface area contributed by atoms with E-state index in [0.717, 1.165) is 54.7 Å². The minimum atomic E-state index is -5.61. The number of ether oxygens (including phenoxy) is 1. The van der Waals surface area contributed by atoms with Gasteiger partial charge >= 0.3 is 23.5 Å². The standard InChI is InChI=1S/C40H70N9O19P3S/c1-5-6-7-8-9-10-11-12-13-14-15-16-29(51)48-26(2)37(55)44-21-30(52)72-20-19-42-28(50)17-18-43-38(56)34(54)40(3,4)23-65-71(62,63)68-70(60,61)64-22-27-33(67-69(57,58)59)32(53)39(66-27)49-25-47-31-35(41)45-24-46-36(31)49/h24-27,32-34,39,53-54H,5-23H2,1-4H3,(H,42,50)(H,43,56)(H,44,55)(H,48,51)(H,60,61)(H,62,63)(H2,41,45,46)(H2,57,58,59)/t26-,27+,32+,33+,34?,39+/m0/s1. The van der Waals surface area contributed by atoms with Gasteiger partial charge in [0, 0.05) is 37.1 Å². The van der Waals surface area contributed by atoms with E-state index in [2.05, 4.69) is 52.0 Å². The highest BCUT2D eigenvalue weighted by atomic mass is 32.2. The summed E-state index contributed by atoms with van der Waals surface area (Å²) in [6.45, 7) is 3.62. The van der Waals surface area contributed by atoms with Crippen molar-refractivity contribution in [3.05, 3.63) is 12.7 Å². The Kier molecular flexibility index (Phi) is 26.3. The van der Waals surface area contributed by atoms with Gasteiger partial charge in [0.25, 0.3) is 0 Å².